The molecule has 7 nitrogen and oxygen atoms in total. The molecule has 0 bridgehead atoms. The third-order valence-electron chi connectivity index (χ3n) is 2.58. The number of nitrogens with one attached hydrogen (secondary N) is 2. The highest BCUT2D eigenvalue weighted by Crippen LogP contribution is 2.54. The Morgan fingerprint density at radius 1 is 1.21 bits per heavy atom. The minimum atomic E-state index is -2.78. The zero-order chi connectivity index (χ0) is 19.0. The normalized spacial score (nSPS) is 15.5. The van der Waals surface area contributed by atoms with Crippen LogP contribution in [0.15, 0.2) is 0 Å². The van der Waals surface area contributed by atoms with Gasteiger partial charge in [0.2, 0.25) is 6.49 Å². The standard InChI is InChI=1S/C15H31N2O5PS/c1-8-23(20,17-12(4)13(18)21-11(2)3)24-10-9-16-14(19)22-15(5,6)7/h11-12H,8-10H2,1-7H3,(H,16,19)(H,17,20)/t12-,23?/m0/s1. The molecule has 0 aromatic rings. The average Bonchev–Trinajstić information content (AvgIpc) is 2.41. The van der Waals surface area contributed by atoms with Crippen molar-refractivity contribution in [3.8, 4) is 0 Å². The molecule has 0 fully saturated rings. The molecule has 0 aliphatic rings. The molecule has 0 rings (SSSR count). The van der Waals surface area contributed by atoms with Crippen molar-refractivity contribution in [2.45, 2.75) is 66.2 Å². The summed E-state index contributed by atoms with van der Waals surface area (Å²) in [6.07, 6.45) is -0.326. The lowest BCUT2D eigenvalue weighted by Gasteiger charge is -2.22. The number of hydrogen-bond acceptors (Lipinski definition) is 6. The molecular weight excluding hydrogens is 351 g/mol. The highest BCUT2D eigenvalue weighted by Gasteiger charge is 2.27. The van der Waals surface area contributed by atoms with Gasteiger partial charge >= 0.3 is 12.1 Å². The van der Waals surface area contributed by atoms with Gasteiger partial charge in [0.1, 0.15) is 11.6 Å². The lowest BCUT2D eigenvalue weighted by Crippen LogP contribution is -2.35. The average molecular weight is 382 g/mol. The van der Waals surface area contributed by atoms with E-state index >= 15 is 0 Å². The molecule has 9 heteroatoms. The van der Waals surface area contributed by atoms with Gasteiger partial charge in [-0.25, -0.2) is 9.88 Å². The van der Waals surface area contributed by atoms with E-state index in [0.717, 1.165) is 0 Å². The first kappa shape index (κ1) is 23.3. The second kappa shape index (κ2) is 10.3. The lowest BCUT2D eigenvalue weighted by molar-refractivity contribution is -0.148. The van der Waals surface area contributed by atoms with E-state index in [-0.39, 0.29) is 6.10 Å². The number of carbonyl (C=O) groups excluding carboxylic acids is 2. The minimum Gasteiger partial charge on any atom is -0.462 e. The number of hydrogen-bond donors (Lipinski definition) is 2. The van der Waals surface area contributed by atoms with Crippen molar-refractivity contribution in [2.24, 2.45) is 0 Å². The molecule has 2 N–H and O–H groups in total. The smallest absolute Gasteiger partial charge is 0.407 e. The van der Waals surface area contributed by atoms with Gasteiger partial charge in [-0.05, 0) is 41.5 Å². The maximum absolute atomic E-state index is 12.8. The maximum atomic E-state index is 12.8. The van der Waals surface area contributed by atoms with Gasteiger partial charge in [-0.3, -0.25) is 9.36 Å². The number of amides is 1. The van der Waals surface area contributed by atoms with Crippen LogP contribution in [0.1, 0.15) is 48.5 Å². The van der Waals surface area contributed by atoms with Crippen LogP contribution in [0.3, 0.4) is 0 Å². The highest BCUT2D eigenvalue weighted by molar-refractivity contribution is 8.57. The summed E-state index contributed by atoms with van der Waals surface area (Å²) in [5.41, 5.74) is -0.552. The summed E-state index contributed by atoms with van der Waals surface area (Å²) in [7, 11) is 0. The zero-order valence-electron chi connectivity index (χ0n) is 15.7. The fourth-order valence-electron chi connectivity index (χ4n) is 1.56. The first-order valence-electron chi connectivity index (χ1n) is 8.07. The molecule has 0 aromatic heterocycles. The van der Waals surface area contributed by atoms with Gasteiger partial charge in [-0.1, -0.05) is 18.3 Å². The van der Waals surface area contributed by atoms with Gasteiger partial charge in [0.15, 0.2) is 0 Å². The van der Waals surface area contributed by atoms with Crippen molar-refractivity contribution < 1.29 is 23.6 Å². The van der Waals surface area contributed by atoms with Crippen LogP contribution in [0.25, 0.3) is 0 Å². The van der Waals surface area contributed by atoms with Crippen LogP contribution >= 0.6 is 17.9 Å². The van der Waals surface area contributed by atoms with Crippen LogP contribution in [-0.2, 0) is 18.8 Å². The van der Waals surface area contributed by atoms with E-state index in [9.17, 15) is 14.2 Å². The lowest BCUT2D eigenvalue weighted by atomic mass is 10.2. The number of rotatable bonds is 9. The van der Waals surface area contributed by atoms with Crippen LogP contribution in [0, 0.1) is 0 Å². The van der Waals surface area contributed by atoms with Crippen LogP contribution in [0.2, 0.25) is 0 Å². The number of esters is 1. The van der Waals surface area contributed by atoms with Crippen molar-refractivity contribution >= 4 is 29.9 Å². The number of alkyl carbamates (subject to hydrolysis) is 1. The molecule has 0 radical (unpaired) electrons. The first-order valence-corrected chi connectivity index (χ1v) is 11.6. The van der Waals surface area contributed by atoms with Crippen LogP contribution in [-0.4, -0.2) is 48.3 Å². The van der Waals surface area contributed by atoms with Crippen LogP contribution < -0.4 is 10.4 Å². The Morgan fingerprint density at radius 2 is 1.79 bits per heavy atom. The second-order valence-electron chi connectivity index (χ2n) is 6.59. The summed E-state index contributed by atoms with van der Waals surface area (Å²) >= 11 is 1.21. The molecular formula is C15H31N2O5PS. The van der Waals surface area contributed by atoms with E-state index in [1.54, 1.807) is 48.5 Å². The van der Waals surface area contributed by atoms with E-state index in [4.69, 9.17) is 9.47 Å². The molecule has 0 aliphatic heterocycles. The van der Waals surface area contributed by atoms with E-state index < -0.39 is 30.2 Å². The summed E-state index contributed by atoms with van der Waals surface area (Å²) in [4.78, 5) is 23.3. The second-order valence-corrected chi connectivity index (χ2v) is 12.0. The van der Waals surface area contributed by atoms with Crippen molar-refractivity contribution in [3.05, 3.63) is 0 Å². The Bertz CT molecular complexity index is 465. The molecule has 1 unspecified atom stereocenters. The third-order valence-corrected chi connectivity index (χ3v) is 7.89. The maximum Gasteiger partial charge on any atom is 0.407 e. The van der Waals surface area contributed by atoms with E-state index in [1.807, 2.05) is 0 Å². The molecule has 24 heavy (non-hydrogen) atoms. The van der Waals surface area contributed by atoms with Gasteiger partial charge in [-0.2, -0.15) is 0 Å². The van der Waals surface area contributed by atoms with E-state index in [1.165, 1.54) is 11.4 Å². The van der Waals surface area contributed by atoms with Crippen molar-refractivity contribution in [2.75, 3.05) is 18.5 Å². The van der Waals surface area contributed by atoms with Crippen molar-refractivity contribution in [3.63, 3.8) is 0 Å². The zero-order valence-corrected chi connectivity index (χ0v) is 17.4. The molecule has 0 saturated heterocycles. The summed E-state index contributed by atoms with van der Waals surface area (Å²) < 4.78 is 23.0. The fraction of sp³-hybridized carbons (Fsp3) is 0.867. The van der Waals surface area contributed by atoms with Crippen LogP contribution in [0.5, 0.6) is 0 Å². The molecule has 0 spiro atoms. The van der Waals surface area contributed by atoms with E-state index in [2.05, 4.69) is 10.4 Å². The van der Waals surface area contributed by atoms with Gasteiger partial charge in [0.25, 0.3) is 0 Å². The predicted molar refractivity (Wildman–Crippen MR) is 98.7 cm³/mol. The first-order chi connectivity index (χ1) is 10.9. The summed E-state index contributed by atoms with van der Waals surface area (Å²) in [6.45, 7) is 9.86. The molecule has 2 atom stereocenters. The number of ether oxygens (including phenoxy) is 2. The highest BCUT2D eigenvalue weighted by atomic mass is 32.7. The summed E-state index contributed by atoms with van der Waals surface area (Å²) in [5, 5.41) is 5.49. The molecule has 142 valence electrons. The minimum absolute atomic E-state index is 0.214. The van der Waals surface area contributed by atoms with Gasteiger partial charge < -0.3 is 14.8 Å². The number of carbonyl (C=O) groups is 2. The quantitative estimate of drug-likeness (QED) is 0.359. The predicted octanol–water partition coefficient (Wildman–Crippen LogP) is 3.39. The SMILES string of the molecule is CCP(=O)(N[C@@H](C)C(=O)OC(C)C)SCCNC(=O)OC(C)(C)C. The Balaban J connectivity index is 4.31. The third kappa shape index (κ3) is 10.9. The van der Waals surface area contributed by atoms with Gasteiger partial charge in [0, 0.05) is 18.5 Å². The monoisotopic (exact) mass is 382 g/mol. The molecule has 0 heterocycles. The Hall–Kier alpha value is -0.720. The van der Waals surface area contributed by atoms with Crippen LogP contribution in [0.4, 0.5) is 4.79 Å². The summed E-state index contributed by atoms with van der Waals surface area (Å²) in [5.74, 6) is 0.0229. The molecule has 1 amide bonds. The topological polar surface area (TPSA) is 93.7 Å². The summed E-state index contributed by atoms with van der Waals surface area (Å²) in [6, 6.07) is -0.649. The van der Waals surface area contributed by atoms with Gasteiger partial charge in [0.05, 0.1) is 6.10 Å². The molecule has 0 aromatic carbocycles. The van der Waals surface area contributed by atoms with Crippen molar-refractivity contribution in [1.82, 2.24) is 10.4 Å². The fourth-order valence-corrected chi connectivity index (χ4v) is 5.59. The largest absolute Gasteiger partial charge is 0.462 e. The van der Waals surface area contributed by atoms with Gasteiger partial charge in [-0.15, -0.1) is 0 Å². The Labute approximate surface area is 149 Å². The van der Waals surface area contributed by atoms with E-state index in [0.29, 0.717) is 18.5 Å². The Kier molecular flexibility index (Phi) is 10.0. The molecule has 0 saturated carbocycles. The van der Waals surface area contributed by atoms with Crippen molar-refractivity contribution in [1.29, 1.82) is 0 Å². The molecule has 0 aliphatic carbocycles. The Morgan fingerprint density at radius 3 is 2.25 bits per heavy atom.